The fraction of sp³-hybridized carbons (Fsp3) is 0.281. The molecule has 39 heavy (non-hydrogen) atoms. The van der Waals surface area contributed by atoms with E-state index in [1.165, 1.54) is 22.4 Å². The lowest BCUT2D eigenvalue weighted by Crippen LogP contribution is -2.33. The van der Waals surface area contributed by atoms with Gasteiger partial charge in [0.1, 0.15) is 0 Å². The van der Waals surface area contributed by atoms with E-state index < -0.39 is 0 Å². The number of nitrogens with zero attached hydrogens (tertiary/aromatic N) is 3. The van der Waals surface area contributed by atoms with Gasteiger partial charge in [-0.15, -0.1) is 0 Å². The SMILES string of the molecule is Cc1ccccc1NC(=O)CCN1C(=S)N[C@H](c2ccccn2)[C@H]1c1cc(C)n(-c2c(C)cccc2C)c1C. The van der Waals surface area contributed by atoms with Crippen LogP contribution in [0.4, 0.5) is 5.69 Å². The Balaban J connectivity index is 1.50. The van der Waals surface area contributed by atoms with Crippen molar-refractivity contribution in [3.05, 3.63) is 112 Å². The van der Waals surface area contributed by atoms with Crippen LogP contribution in [0.1, 0.15) is 57.8 Å². The molecule has 0 saturated carbocycles. The first-order chi connectivity index (χ1) is 18.8. The Hall–Kier alpha value is -3.97. The van der Waals surface area contributed by atoms with Crippen LogP contribution >= 0.6 is 12.2 Å². The summed E-state index contributed by atoms with van der Waals surface area (Å²) in [5, 5.41) is 7.22. The van der Waals surface area contributed by atoms with E-state index in [0.717, 1.165) is 28.3 Å². The van der Waals surface area contributed by atoms with Gasteiger partial charge < -0.3 is 20.1 Å². The summed E-state index contributed by atoms with van der Waals surface area (Å²) >= 11 is 5.86. The summed E-state index contributed by atoms with van der Waals surface area (Å²) in [5.74, 6) is -0.0341. The third-order valence-corrected chi connectivity index (χ3v) is 8.00. The number of benzene rings is 2. The van der Waals surface area contributed by atoms with Gasteiger partial charge in [0, 0.05) is 36.2 Å². The standard InChI is InChI=1S/C32H35N5OS/c1-20-11-6-7-14-26(20)34-28(38)16-18-36-31(29(35-32(36)39)27-15-8-9-17-33-27)25-19-23(4)37(24(25)5)30-21(2)12-10-13-22(30)3/h6-15,17,19,29,31H,16,18H2,1-5H3,(H,34,38)(H,35,39)/t29-,31-/m1/s1. The van der Waals surface area contributed by atoms with Gasteiger partial charge >= 0.3 is 0 Å². The molecular weight excluding hydrogens is 502 g/mol. The smallest absolute Gasteiger partial charge is 0.226 e. The largest absolute Gasteiger partial charge is 0.352 e. The summed E-state index contributed by atoms with van der Waals surface area (Å²) in [4.78, 5) is 19.8. The topological polar surface area (TPSA) is 62.2 Å². The number of thiocarbonyl (C=S) groups is 1. The highest BCUT2D eigenvalue weighted by atomic mass is 32.1. The average Bonchev–Trinajstić information content (AvgIpc) is 3.39. The van der Waals surface area contributed by atoms with Crippen LogP contribution < -0.4 is 10.6 Å². The number of rotatable bonds is 7. The van der Waals surface area contributed by atoms with Crippen molar-refractivity contribution in [3.8, 4) is 5.69 Å². The number of aryl methyl sites for hydroxylation is 4. The fourth-order valence-corrected chi connectivity index (χ4v) is 6.05. The van der Waals surface area contributed by atoms with E-state index in [9.17, 15) is 4.79 Å². The predicted molar refractivity (Wildman–Crippen MR) is 161 cm³/mol. The van der Waals surface area contributed by atoms with Crippen molar-refractivity contribution in [2.75, 3.05) is 11.9 Å². The van der Waals surface area contributed by atoms with Gasteiger partial charge in [-0.1, -0.05) is 42.5 Å². The maximum absolute atomic E-state index is 13.0. The van der Waals surface area contributed by atoms with Crippen molar-refractivity contribution in [3.63, 3.8) is 0 Å². The van der Waals surface area contributed by atoms with E-state index >= 15 is 0 Å². The molecule has 1 aliphatic heterocycles. The number of hydrogen-bond donors (Lipinski definition) is 2. The van der Waals surface area contributed by atoms with Crippen LogP contribution in [0.25, 0.3) is 5.69 Å². The average molecular weight is 538 g/mol. The molecule has 1 amide bonds. The molecule has 2 atom stereocenters. The highest BCUT2D eigenvalue weighted by molar-refractivity contribution is 7.80. The molecule has 0 radical (unpaired) electrons. The maximum atomic E-state index is 13.0. The lowest BCUT2D eigenvalue weighted by molar-refractivity contribution is -0.116. The molecule has 7 heteroatoms. The van der Waals surface area contributed by atoms with E-state index in [4.69, 9.17) is 12.2 Å². The molecular formula is C32H35N5OS. The van der Waals surface area contributed by atoms with Crippen molar-refractivity contribution >= 4 is 28.9 Å². The van der Waals surface area contributed by atoms with Crippen molar-refractivity contribution in [2.24, 2.45) is 0 Å². The highest BCUT2D eigenvalue weighted by Crippen LogP contribution is 2.42. The Morgan fingerprint density at radius 1 is 0.949 bits per heavy atom. The van der Waals surface area contributed by atoms with Gasteiger partial charge in [-0.05, 0) is 93.4 Å². The molecule has 0 aliphatic carbocycles. The number of carbonyl (C=O) groups is 1. The van der Waals surface area contributed by atoms with E-state index in [1.54, 1.807) is 0 Å². The summed E-state index contributed by atoms with van der Waals surface area (Å²) in [7, 11) is 0. The molecule has 2 aromatic heterocycles. The first-order valence-corrected chi connectivity index (χ1v) is 13.8. The number of anilines is 1. The molecule has 0 spiro atoms. The third kappa shape index (κ3) is 5.19. The lowest BCUT2D eigenvalue weighted by atomic mass is 9.96. The number of para-hydroxylation sites is 2. The number of nitrogens with one attached hydrogen (secondary N) is 2. The zero-order chi connectivity index (χ0) is 27.7. The quantitative estimate of drug-likeness (QED) is 0.267. The first kappa shape index (κ1) is 26.6. The summed E-state index contributed by atoms with van der Waals surface area (Å²) < 4.78 is 2.35. The van der Waals surface area contributed by atoms with Gasteiger partial charge in [-0.3, -0.25) is 9.78 Å². The second-order valence-corrected chi connectivity index (χ2v) is 10.7. The molecule has 3 heterocycles. The van der Waals surface area contributed by atoms with Gasteiger partial charge in [0.2, 0.25) is 5.91 Å². The Morgan fingerprint density at radius 3 is 2.33 bits per heavy atom. The molecule has 0 unspecified atom stereocenters. The zero-order valence-electron chi connectivity index (χ0n) is 23.2. The van der Waals surface area contributed by atoms with Crippen LogP contribution in [0.2, 0.25) is 0 Å². The molecule has 5 rings (SSSR count). The molecule has 6 nitrogen and oxygen atoms in total. The monoisotopic (exact) mass is 537 g/mol. The Labute approximate surface area is 236 Å². The molecule has 1 aliphatic rings. The van der Waals surface area contributed by atoms with Gasteiger partial charge in [0.05, 0.1) is 23.5 Å². The minimum atomic E-state index is -0.134. The summed E-state index contributed by atoms with van der Waals surface area (Å²) in [6.45, 7) is 11.1. The summed E-state index contributed by atoms with van der Waals surface area (Å²) in [6.07, 6.45) is 2.13. The summed E-state index contributed by atoms with van der Waals surface area (Å²) in [5.41, 5.74) is 9.98. The Morgan fingerprint density at radius 2 is 1.64 bits per heavy atom. The van der Waals surface area contributed by atoms with Crippen LogP contribution in [0.5, 0.6) is 0 Å². The fourth-order valence-electron chi connectivity index (χ4n) is 5.72. The summed E-state index contributed by atoms with van der Waals surface area (Å²) in [6, 6.07) is 22.2. The third-order valence-electron chi connectivity index (χ3n) is 7.65. The van der Waals surface area contributed by atoms with Gasteiger partial charge in [0.15, 0.2) is 5.11 Å². The van der Waals surface area contributed by atoms with Crippen molar-refractivity contribution in [2.45, 2.75) is 53.1 Å². The van der Waals surface area contributed by atoms with E-state index in [1.807, 2.05) is 55.6 Å². The van der Waals surface area contributed by atoms with Crippen LogP contribution in [-0.4, -0.2) is 32.0 Å². The molecule has 2 aromatic carbocycles. The lowest BCUT2D eigenvalue weighted by Gasteiger charge is -2.28. The van der Waals surface area contributed by atoms with E-state index in [2.05, 4.69) is 77.0 Å². The Kier molecular flexibility index (Phi) is 7.53. The van der Waals surface area contributed by atoms with Gasteiger partial charge in [-0.2, -0.15) is 0 Å². The zero-order valence-corrected chi connectivity index (χ0v) is 24.0. The van der Waals surface area contributed by atoms with Crippen molar-refractivity contribution < 1.29 is 4.79 Å². The van der Waals surface area contributed by atoms with E-state index in [-0.39, 0.29) is 18.0 Å². The highest BCUT2D eigenvalue weighted by Gasteiger charge is 2.41. The van der Waals surface area contributed by atoms with Crippen LogP contribution in [0, 0.1) is 34.6 Å². The second kappa shape index (κ2) is 11.0. The number of aromatic nitrogens is 2. The van der Waals surface area contributed by atoms with Gasteiger partial charge in [0.25, 0.3) is 0 Å². The number of pyridine rings is 1. The minimum absolute atomic E-state index is 0.0341. The molecule has 0 bridgehead atoms. The first-order valence-electron chi connectivity index (χ1n) is 13.3. The predicted octanol–water partition coefficient (Wildman–Crippen LogP) is 6.42. The molecule has 4 aromatic rings. The second-order valence-electron chi connectivity index (χ2n) is 10.3. The number of hydrogen-bond acceptors (Lipinski definition) is 3. The van der Waals surface area contributed by atoms with Crippen molar-refractivity contribution in [1.29, 1.82) is 0 Å². The van der Waals surface area contributed by atoms with Crippen LogP contribution in [0.3, 0.4) is 0 Å². The van der Waals surface area contributed by atoms with E-state index in [0.29, 0.717) is 18.1 Å². The van der Waals surface area contributed by atoms with Crippen LogP contribution in [0.15, 0.2) is 72.9 Å². The normalized spacial score (nSPS) is 16.8. The van der Waals surface area contributed by atoms with Crippen LogP contribution in [-0.2, 0) is 4.79 Å². The minimum Gasteiger partial charge on any atom is -0.352 e. The molecule has 1 fully saturated rings. The van der Waals surface area contributed by atoms with Crippen molar-refractivity contribution in [1.82, 2.24) is 19.8 Å². The molecule has 1 saturated heterocycles. The maximum Gasteiger partial charge on any atom is 0.226 e. The molecule has 2 N–H and O–H groups in total. The molecule has 200 valence electrons. The Bertz CT molecular complexity index is 1510. The van der Waals surface area contributed by atoms with Gasteiger partial charge in [-0.25, -0.2) is 0 Å². The number of amides is 1. The number of carbonyl (C=O) groups excluding carboxylic acids is 1.